The average Bonchev–Trinajstić information content (AvgIpc) is 2.59. The molecule has 0 aliphatic rings. The Morgan fingerprint density at radius 2 is 2.40 bits per heavy atom. The van der Waals surface area contributed by atoms with E-state index in [0.717, 1.165) is 6.42 Å². The molecule has 3 nitrogen and oxygen atoms in total. The lowest BCUT2D eigenvalue weighted by molar-refractivity contribution is 0.0952. The molecule has 0 radical (unpaired) electrons. The lowest BCUT2D eigenvalue weighted by Gasteiger charge is -2.03. The Morgan fingerprint density at radius 1 is 1.73 bits per heavy atom. The fourth-order valence-corrected chi connectivity index (χ4v) is 2.30. The number of carbonyl (C=O) groups is 1. The second-order valence-corrected chi connectivity index (χ2v) is 4.63. The van der Waals surface area contributed by atoms with E-state index in [2.05, 4.69) is 12.2 Å². The minimum absolute atomic E-state index is 0.156. The molecule has 80 valence electrons. The van der Waals surface area contributed by atoms with Crippen LogP contribution in [0, 0.1) is 18.3 Å². The van der Waals surface area contributed by atoms with E-state index in [4.69, 9.17) is 5.26 Å². The smallest absolute Gasteiger partial charge is 0.262 e. The molecule has 0 saturated heterocycles. The highest BCUT2D eigenvalue weighted by Gasteiger charge is 2.13. The predicted octanol–water partition coefficient (Wildman–Crippen LogP) is 2.26. The molecule has 0 bridgehead atoms. The first-order valence-electron chi connectivity index (χ1n) is 4.88. The maximum atomic E-state index is 11.6. The monoisotopic (exact) mass is 222 g/mol. The second kappa shape index (κ2) is 4.94. The van der Waals surface area contributed by atoms with Crippen molar-refractivity contribution < 1.29 is 4.79 Å². The molecule has 1 heterocycles. The van der Waals surface area contributed by atoms with Crippen molar-refractivity contribution >= 4 is 17.2 Å². The molecule has 1 unspecified atom stereocenters. The first-order chi connectivity index (χ1) is 7.08. The van der Waals surface area contributed by atoms with Gasteiger partial charge in [0, 0.05) is 4.88 Å². The van der Waals surface area contributed by atoms with Crippen LogP contribution in [0.5, 0.6) is 0 Å². The highest BCUT2D eigenvalue weighted by Crippen LogP contribution is 2.21. The molecule has 1 amide bonds. The molecule has 0 saturated carbocycles. The highest BCUT2D eigenvalue weighted by atomic mass is 32.1. The third-order valence-electron chi connectivity index (χ3n) is 2.17. The van der Waals surface area contributed by atoms with E-state index in [9.17, 15) is 4.79 Å². The molecule has 0 aliphatic heterocycles. The van der Waals surface area contributed by atoms with Gasteiger partial charge < -0.3 is 5.32 Å². The van der Waals surface area contributed by atoms with Crippen LogP contribution in [0.2, 0.25) is 0 Å². The second-order valence-electron chi connectivity index (χ2n) is 3.37. The number of nitrogens with zero attached hydrogens (tertiary/aromatic N) is 1. The number of nitriles is 1. The Balaban J connectivity index is 2.79. The molecule has 4 heteroatoms. The van der Waals surface area contributed by atoms with E-state index in [1.54, 1.807) is 6.92 Å². The highest BCUT2D eigenvalue weighted by molar-refractivity contribution is 7.14. The largest absolute Gasteiger partial charge is 0.336 e. The van der Waals surface area contributed by atoms with Gasteiger partial charge in [-0.05, 0) is 31.9 Å². The molecule has 1 aromatic heterocycles. The summed E-state index contributed by atoms with van der Waals surface area (Å²) in [4.78, 5) is 13.5. The van der Waals surface area contributed by atoms with Crippen molar-refractivity contribution in [3.63, 3.8) is 0 Å². The van der Waals surface area contributed by atoms with Gasteiger partial charge in [0.25, 0.3) is 5.91 Å². The van der Waals surface area contributed by atoms with Crippen LogP contribution in [-0.4, -0.2) is 11.9 Å². The van der Waals surface area contributed by atoms with Crippen LogP contribution in [0.4, 0.5) is 0 Å². The molecule has 1 N–H and O–H groups in total. The topological polar surface area (TPSA) is 52.9 Å². The van der Waals surface area contributed by atoms with E-state index in [1.165, 1.54) is 21.8 Å². The van der Waals surface area contributed by atoms with Gasteiger partial charge in [-0.25, -0.2) is 0 Å². The van der Waals surface area contributed by atoms with Gasteiger partial charge in [-0.3, -0.25) is 4.79 Å². The lowest BCUT2D eigenvalue weighted by Crippen LogP contribution is -2.30. The number of nitrogens with one attached hydrogen (secondary N) is 1. The predicted molar refractivity (Wildman–Crippen MR) is 61.0 cm³/mol. The van der Waals surface area contributed by atoms with Gasteiger partial charge in [0.2, 0.25) is 0 Å². The Labute approximate surface area is 93.7 Å². The molecular weight excluding hydrogens is 208 g/mol. The fraction of sp³-hybridized carbons (Fsp3) is 0.455. The zero-order chi connectivity index (χ0) is 11.4. The summed E-state index contributed by atoms with van der Waals surface area (Å²) in [5, 5.41) is 11.2. The summed E-state index contributed by atoms with van der Waals surface area (Å²) in [6.07, 6.45) is 0.934. The molecule has 1 atom stereocenters. The van der Waals surface area contributed by atoms with E-state index in [1.807, 2.05) is 19.1 Å². The summed E-state index contributed by atoms with van der Waals surface area (Å²) >= 11 is 1.48. The van der Waals surface area contributed by atoms with Crippen LogP contribution in [0.15, 0.2) is 6.07 Å². The number of rotatable bonds is 3. The molecule has 0 fully saturated rings. The van der Waals surface area contributed by atoms with Crippen molar-refractivity contribution in [2.75, 3.05) is 0 Å². The Morgan fingerprint density at radius 3 is 2.87 bits per heavy atom. The van der Waals surface area contributed by atoms with Crippen molar-refractivity contribution in [1.29, 1.82) is 5.26 Å². The van der Waals surface area contributed by atoms with E-state index in [-0.39, 0.29) is 5.91 Å². The van der Waals surface area contributed by atoms with Crippen molar-refractivity contribution in [3.8, 4) is 6.07 Å². The minimum atomic E-state index is -0.440. The lowest BCUT2D eigenvalue weighted by atomic mass is 10.2. The molecule has 0 aromatic carbocycles. The summed E-state index contributed by atoms with van der Waals surface area (Å²) in [6.45, 7) is 5.74. The maximum absolute atomic E-state index is 11.6. The van der Waals surface area contributed by atoms with Crippen LogP contribution in [0.25, 0.3) is 0 Å². The summed E-state index contributed by atoms with van der Waals surface area (Å²) in [5.41, 5.74) is 1.20. The number of carbonyl (C=O) groups excluding carboxylic acids is 1. The van der Waals surface area contributed by atoms with Crippen LogP contribution < -0.4 is 5.32 Å². The Hall–Kier alpha value is -1.34. The van der Waals surface area contributed by atoms with Gasteiger partial charge in [-0.15, -0.1) is 11.3 Å². The van der Waals surface area contributed by atoms with Gasteiger partial charge in [0.15, 0.2) is 0 Å². The zero-order valence-electron chi connectivity index (χ0n) is 9.13. The van der Waals surface area contributed by atoms with E-state index >= 15 is 0 Å². The third kappa shape index (κ3) is 2.80. The van der Waals surface area contributed by atoms with Crippen LogP contribution in [0.3, 0.4) is 0 Å². The van der Waals surface area contributed by atoms with E-state index in [0.29, 0.717) is 4.88 Å². The van der Waals surface area contributed by atoms with Gasteiger partial charge in [-0.1, -0.05) is 6.92 Å². The summed E-state index contributed by atoms with van der Waals surface area (Å²) in [5.74, 6) is -0.156. The minimum Gasteiger partial charge on any atom is -0.336 e. The molecule has 0 spiro atoms. The molecule has 1 aromatic rings. The van der Waals surface area contributed by atoms with Crippen LogP contribution >= 0.6 is 11.3 Å². The quantitative estimate of drug-likeness (QED) is 0.852. The summed E-state index contributed by atoms with van der Waals surface area (Å²) in [7, 11) is 0. The van der Waals surface area contributed by atoms with Crippen molar-refractivity contribution in [2.45, 2.75) is 33.2 Å². The normalized spacial score (nSPS) is 11.9. The molecular formula is C11H14N2OS. The molecule has 0 aliphatic carbocycles. The summed E-state index contributed by atoms with van der Waals surface area (Å²) < 4.78 is 0. The SMILES string of the molecule is CCc1cc(C(=O)NC(C)C#N)sc1C. The average molecular weight is 222 g/mol. The Kier molecular flexibility index (Phi) is 3.87. The fourth-order valence-electron chi connectivity index (χ4n) is 1.28. The van der Waals surface area contributed by atoms with Crippen molar-refractivity contribution in [2.24, 2.45) is 0 Å². The zero-order valence-corrected chi connectivity index (χ0v) is 9.94. The number of amides is 1. The van der Waals surface area contributed by atoms with Crippen LogP contribution in [0.1, 0.15) is 34.0 Å². The standard InChI is InChI=1S/C11H14N2OS/c1-4-9-5-10(15-8(9)3)11(14)13-7(2)6-12/h5,7H,4H2,1-3H3,(H,13,14). The van der Waals surface area contributed by atoms with Crippen LogP contribution in [-0.2, 0) is 6.42 Å². The number of hydrogen-bond acceptors (Lipinski definition) is 3. The maximum Gasteiger partial charge on any atom is 0.262 e. The summed E-state index contributed by atoms with van der Waals surface area (Å²) in [6, 6.07) is 3.44. The van der Waals surface area contributed by atoms with Gasteiger partial charge in [0.1, 0.15) is 6.04 Å². The number of aryl methyl sites for hydroxylation is 2. The number of thiophene rings is 1. The third-order valence-corrected chi connectivity index (χ3v) is 3.26. The first kappa shape index (κ1) is 11.7. The van der Waals surface area contributed by atoms with Gasteiger partial charge in [-0.2, -0.15) is 5.26 Å². The van der Waals surface area contributed by atoms with Crippen molar-refractivity contribution in [3.05, 3.63) is 21.4 Å². The molecule has 1 rings (SSSR count). The first-order valence-corrected chi connectivity index (χ1v) is 5.70. The van der Waals surface area contributed by atoms with Crippen molar-refractivity contribution in [1.82, 2.24) is 5.32 Å². The number of hydrogen-bond donors (Lipinski definition) is 1. The Bertz CT molecular complexity index is 403. The van der Waals surface area contributed by atoms with Gasteiger partial charge in [0.05, 0.1) is 10.9 Å². The van der Waals surface area contributed by atoms with E-state index < -0.39 is 6.04 Å². The van der Waals surface area contributed by atoms with Gasteiger partial charge >= 0.3 is 0 Å². The molecule has 15 heavy (non-hydrogen) atoms.